The molecule has 2 aromatic heterocycles. The largest absolute Gasteiger partial charge is 0.477 e. The van der Waals surface area contributed by atoms with Gasteiger partial charge in [0.15, 0.2) is 0 Å². The van der Waals surface area contributed by atoms with Gasteiger partial charge in [-0.25, -0.2) is 9.78 Å². The van der Waals surface area contributed by atoms with Crippen LogP contribution in [0.4, 0.5) is 0 Å². The lowest BCUT2D eigenvalue weighted by atomic mass is 10.2. The summed E-state index contributed by atoms with van der Waals surface area (Å²) in [6.45, 7) is 0.850. The third-order valence-electron chi connectivity index (χ3n) is 2.59. The summed E-state index contributed by atoms with van der Waals surface area (Å²) in [5.74, 6) is -0.930. The summed E-state index contributed by atoms with van der Waals surface area (Å²) in [5.41, 5.74) is 1.33. The van der Waals surface area contributed by atoms with Gasteiger partial charge in [0.2, 0.25) is 0 Å². The average molecular weight is 277 g/mol. The van der Waals surface area contributed by atoms with Gasteiger partial charge in [-0.1, -0.05) is 0 Å². The minimum Gasteiger partial charge on any atom is -0.477 e. The number of hydrogen-bond acceptors (Lipinski definition) is 5. The van der Waals surface area contributed by atoms with Gasteiger partial charge in [-0.15, -0.1) is 11.3 Å². The van der Waals surface area contributed by atoms with Crippen LogP contribution in [0.1, 0.15) is 14.7 Å². The zero-order chi connectivity index (χ0) is 13.8. The Balaban J connectivity index is 2.34. The van der Waals surface area contributed by atoms with Crippen LogP contribution in [-0.4, -0.2) is 46.6 Å². The molecule has 2 rings (SSSR count). The van der Waals surface area contributed by atoms with E-state index in [1.165, 1.54) is 11.3 Å². The van der Waals surface area contributed by atoms with Crippen LogP contribution in [0.25, 0.3) is 11.3 Å². The molecule has 5 nitrogen and oxygen atoms in total. The molecule has 0 atom stereocenters. The van der Waals surface area contributed by atoms with Crippen LogP contribution < -0.4 is 0 Å². The zero-order valence-electron chi connectivity index (χ0n) is 10.8. The molecule has 0 unspecified atom stereocenters. The molecule has 0 aliphatic heterocycles. The molecule has 0 aromatic carbocycles. The number of pyridine rings is 1. The summed E-state index contributed by atoms with van der Waals surface area (Å²) in [5, 5.41) is 10.1. The van der Waals surface area contributed by atoms with Gasteiger partial charge >= 0.3 is 5.97 Å². The Hall–Kier alpha value is -1.79. The molecular weight excluding hydrogens is 262 g/mol. The number of carbonyl (C=O) groups is 1. The van der Waals surface area contributed by atoms with Crippen LogP contribution in [0.2, 0.25) is 0 Å². The second-order valence-corrected chi connectivity index (χ2v) is 5.46. The monoisotopic (exact) mass is 277 g/mol. The highest BCUT2D eigenvalue weighted by Gasteiger charge is 2.18. The molecule has 0 aliphatic carbocycles. The van der Waals surface area contributed by atoms with Crippen molar-refractivity contribution >= 4 is 17.3 Å². The molecule has 0 aliphatic rings. The van der Waals surface area contributed by atoms with Crippen LogP contribution in [-0.2, 0) is 6.42 Å². The molecule has 0 spiro atoms. The smallest absolute Gasteiger partial charge is 0.348 e. The Kier molecular flexibility index (Phi) is 4.24. The number of nitrogens with zero attached hydrogens (tertiary/aromatic N) is 3. The molecule has 0 radical (unpaired) electrons. The molecule has 100 valence electrons. The third-order valence-corrected chi connectivity index (χ3v) is 3.70. The first-order chi connectivity index (χ1) is 9.08. The van der Waals surface area contributed by atoms with E-state index in [1.807, 2.05) is 19.0 Å². The molecule has 1 N–H and O–H groups in total. The SMILES string of the molecule is CN(C)CCc1nc(-c2ccncc2)c(C(=O)O)s1. The first kappa shape index (κ1) is 13.6. The number of aromatic nitrogens is 2. The summed E-state index contributed by atoms with van der Waals surface area (Å²) in [7, 11) is 3.96. The summed E-state index contributed by atoms with van der Waals surface area (Å²) < 4.78 is 0. The quantitative estimate of drug-likeness (QED) is 0.905. The van der Waals surface area contributed by atoms with Gasteiger partial charge in [0.05, 0.1) is 10.7 Å². The van der Waals surface area contributed by atoms with Gasteiger partial charge in [-0.05, 0) is 26.2 Å². The van der Waals surface area contributed by atoms with Crippen molar-refractivity contribution in [2.24, 2.45) is 0 Å². The van der Waals surface area contributed by atoms with E-state index in [-0.39, 0.29) is 0 Å². The highest BCUT2D eigenvalue weighted by Crippen LogP contribution is 2.28. The fourth-order valence-corrected chi connectivity index (χ4v) is 2.55. The lowest BCUT2D eigenvalue weighted by Crippen LogP contribution is -2.14. The Morgan fingerprint density at radius 1 is 1.37 bits per heavy atom. The van der Waals surface area contributed by atoms with Crippen LogP contribution in [0.15, 0.2) is 24.5 Å². The van der Waals surface area contributed by atoms with E-state index in [2.05, 4.69) is 9.97 Å². The van der Waals surface area contributed by atoms with E-state index in [4.69, 9.17) is 0 Å². The maximum Gasteiger partial charge on any atom is 0.348 e. The van der Waals surface area contributed by atoms with Crippen molar-refractivity contribution in [3.8, 4) is 11.3 Å². The van der Waals surface area contributed by atoms with Gasteiger partial charge in [0, 0.05) is 30.9 Å². The lowest BCUT2D eigenvalue weighted by Gasteiger charge is -2.06. The third kappa shape index (κ3) is 3.36. The number of rotatable bonds is 5. The van der Waals surface area contributed by atoms with Crippen molar-refractivity contribution in [2.45, 2.75) is 6.42 Å². The van der Waals surface area contributed by atoms with Crippen molar-refractivity contribution in [3.05, 3.63) is 34.4 Å². The molecule has 2 aromatic rings. The second kappa shape index (κ2) is 5.90. The Bertz CT molecular complexity index is 567. The summed E-state index contributed by atoms with van der Waals surface area (Å²) >= 11 is 1.25. The number of likely N-dealkylation sites (N-methyl/N-ethyl adjacent to an activating group) is 1. The molecule has 6 heteroatoms. The van der Waals surface area contributed by atoms with E-state index in [1.54, 1.807) is 24.5 Å². The zero-order valence-corrected chi connectivity index (χ0v) is 11.6. The summed E-state index contributed by atoms with van der Waals surface area (Å²) in [6.07, 6.45) is 4.03. The van der Waals surface area contributed by atoms with Crippen LogP contribution in [0, 0.1) is 0 Å². The highest BCUT2D eigenvalue weighted by molar-refractivity contribution is 7.14. The molecule has 19 heavy (non-hydrogen) atoms. The maximum absolute atomic E-state index is 11.3. The number of hydrogen-bond donors (Lipinski definition) is 1. The fourth-order valence-electron chi connectivity index (χ4n) is 1.64. The summed E-state index contributed by atoms with van der Waals surface area (Å²) in [6, 6.07) is 3.55. The predicted molar refractivity (Wildman–Crippen MR) is 74.6 cm³/mol. The number of carboxylic acid groups (broad SMARTS) is 1. The predicted octanol–water partition coefficient (Wildman–Crippen LogP) is 2.01. The first-order valence-corrected chi connectivity index (χ1v) is 6.67. The molecule has 0 saturated heterocycles. The van der Waals surface area contributed by atoms with E-state index in [0.29, 0.717) is 10.6 Å². The molecule has 0 fully saturated rings. The van der Waals surface area contributed by atoms with Gasteiger partial charge in [0.25, 0.3) is 0 Å². The molecule has 0 bridgehead atoms. The molecule has 0 saturated carbocycles. The molecule has 0 amide bonds. The maximum atomic E-state index is 11.3. The van der Waals surface area contributed by atoms with E-state index >= 15 is 0 Å². The van der Waals surface area contributed by atoms with Crippen LogP contribution in [0.3, 0.4) is 0 Å². The second-order valence-electron chi connectivity index (χ2n) is 4.38. The molecule has 2 heterocycles. The number of thiazole rings is 1. The van der Waals surface area contributed by atoms with Gasteiger partial charge in [-0.3, -0.25) is 4.98 Å². The fraction of sp³-hybridized carbons (Fsp3) is 0.308. The van der Waals surface area contributed by atoms with E-state index < -0.39 is 5.97 Å². The minimum atomic E-state index is -0.930. The van der Waals surface area contributed by atoms with Crippen LogP contribution >= 0.6 is 11.3 Å². The van der Waals surface area contributed by atoms with Crippen molar-refractivity contribution in [3.63, 3.8) is 0 Å². The highest BCUT2D eigenvalue weighted by atomic mass is 32.1. The number of carboxylic acids is 1. The van der Waals surface area contributed by atoms with Crippen molar-refractivity contribution in [1.82, 2.24) is 14.9 Å². The van der Waals surface area contributed by atoms with Crippen molar-refractivity contribution < 1.29 is 9.90 Å². The Labute approximate surface area is 115 Å². The van der Waals surface area contributed by atoms with Crippen molar-refractivity contribution in [1.29, 1.82) is 0 Å². The standard InChI is InChI=1S/C13H15N3O2S/c1-16(2)8-5-10-15-11(12(19-10)13(17)18)9-3-6-14-7-4-9/h3-4,6-7H,5,8H2,1-2H3,(H,17,18). The summed E-state index contributed by atoms with van der Waals surface area (Å²) in [4.78, 5) is 22.0. The van der Waals surface area contributed by atoms with E-state index in [9.17, 15) is 9.90 Å². The Morgan fingerprint density at radius 3 is 2.63 bits per heavy atom. The Morgan fingerprint density at radius 2 is 2.05 bits per heavy atom. The minimum absolute atomic E-state index is 0.292. The molecular formula is C13H15N3O2S. The van der Waals surface area contributed by atoms with Crippen molar-refractivity contribution in [2.75, 3.05) is 20.6 Å². The topological polar surface area (TPSA) is 66.3 Å². The van der Waals surface area contributed by atoms with Crippen LogP contribution in [0.5, 0.6) is 0 Å². The van der Waals surface area contributed by atoms with Gasteiger partial charge < -0.3 is 10.0 Å². The van der Waals surface area contributed by atoms with Gasteiger partial charge in [-0.2, -0.15) is 0 Å². The normalized spacial score (nSPS) is 10.9. The lowest BCUT2D eigenvalue weighted by molar-refractivity contribution is 0.0702. The van der Waals surface area contributed by atoms with E-state index in [0.717, 1.165) is 23.5 Å². The van der Waals surface area contributed by atoms with Gasteiger partial charge in [0.1, 0.15) is 4.88 Å². The average Bonchev–Trinajstić information content (AvgIpc) is 2.82. The number of aromatic carboxylic acids is 1. The first-order valence-electron chi connectivity index (χ1n) is 5.86.